The van der Waals surface area contributed by atoms with Crippen molar-refractivity contribution in [2.45, 2.75) is 12.7 Å². The van der Waals surface area contributed by atoms with E-state index >= 15 is 0 Å². The van der Waals surface area contributed by atoms with Crippen molar-refractivity contribution in [3.63, 3.8) is 0 Å². The van der Waals surface area contributed by atoms with Crippen molar-refractivity contribution in [1.29, 1.82) is 0 Å². The molecule has 2 N–H and O–H groups in total. The highest BCUT2D eigenvalue weighted by Crippen LogP contribution is 2.25. The molecule has 0 bridgehead atoms. The van der Waals surface area contributed by atoms with E-state index in [1.54, 1.807) is 5.43 Å². The molecule has 0 saturated carbocycles. The van der Waals surface area contributed by atoms with Crippen LogP contribution in [0, 0.1) is 11.6 Å². The molecule has 0 aliphatic carbocycles. The van der Waals surface area contributed by atoms with Gasteiger partial charge in [-0.15, -0.1) is 0 Å². The zero-order valence-electron chi connectivity index (χ0n) is 18.3. The molecule has 0 spiro atoms. The summed E-state index contributed by atoms with van der Waals surface area (Å²) >= 11 is 0. The molecule has 4 amide bonds. The number of urea groups is 1. The Kier molecular flexibility index (Phi) is 7.81. The van der Waals surface area contributed by atoms with Gasteiger partial charge >= 0.3 is 18.1 Å². The van der Waals surface area contributed by atoms with Gasteiger partial charge in [0.05, 0.1) is 23.7 Å². The second-order valence-corrected chi connectivity index (χ2v) is 10.0. The number of carbonyl (C=O) groups is 3. The first kappa shape index (κ1) is 26.8. The zero-order chi connectivity index (χ0) is 26.7. The maximum atomic E-state index is 14.5. The maximum absolute atomic E-state index is 14.5. The third-order valence-electron chi connectivity index (χ3n) is 5.15. The van der Waals surface area contributed by atoms with Crippen LogP contribution in [0.3, 0.4) is 0 Å². The van der Waals surface area contributed by atoms with E-state index in [9.17, 15) is 44.8 Å². The van der Waals surface area contributed by atoms with Crippen LogP contribution in [-0.4, -0.2) is 61.9 Å². The van der Waals surface area contributed by atoms with Gasteiger partial charge in [-0.05, 0) is 29.8 Å². The Labute approximate surface area is 201 Å². The Morgan fingerprint density at radius 1 is 0.944 bits per heavy atom. The van der Waals surface area contributed by atoms with Crippen molar-refractivity contribution in [1.82, 2.24) is 15.8 Å². The number of rotatable bonds is 4. The third kappa shape index (κ3) is 6.68. The quantitative estimate of drug-likeness (QED) is 0.461. The van der Waals surface area contributed by atoms with Gasteiger partial charge in [-0.2, -0.15) is 13.2 Å². The van der Waals surface area contributed by atoms with Crippen molar-refractivity contribution in [3.8, 4) is 0 Å². The second kappa shape index (κ2) is 10.5. The summed E-state index contributed by atoms with van der Waals surface area (Å²) in [5, 5.41) is 0. The molecule has 15 heteroatoms. The molecule has 0 unspecified atom stereocenters. The van der Waals surface area contributed by atoms with Gasteiger partial charge in [0, 0.05) is 24.7 Å². The number of hydrazine groups is 1. The van der Waals surface area contributed by atoms with Crippen LogP contribution in [0.2, 0.25) is 0 Å². The molecule has 194 valence electrons. The summed E-state index contributed by atoms with van der Waals surface area (Å²) in [5.74, 6) is -5.87. The van der Waals surface area contributed by atoms with E-state index in [-0.39, 0.29) is 42.4 Å². The molecular formula is C21H19F5N4O5S. The largest absolute Gasteiger partial charge is 0.472 e. The molecule has 1 heterocycles. The lowest BCUT2D eigenvalue weighted by Gasteiger charge is -2.33. The van der Waals surface area contributed by atoms with E-state index < -0.39 is 45.5 Å². The summed E-state index contributed by atoms with van der Waals surface area (Å²) in [6, 6.07) is 6.91. The van der Waals surface area contributed by atoms with E-state index in [0.29, 0.717) is 11.6 Å². The summed E-state index contributed by atoms with van der Waals surface area (Å²) in [4.78, 5) is 38.1. The van der Waals surface area contributed by atoms with Gasteiger partial charge < -0.3 is 4.90 Å². The number of alkyl halides is 3. The topological polar surface area (TPSA) is 116 Å². The lowest BCUT2D eigenvalue weighted by molar-refractivity contribution is -0.174. The molecule has 36 heavy (non-hydrogen) atoms. The molecule has 0 radical (unpaired) electrons. The normalized spacial score (nSPS) is 15.2. The summed E-state index contributed by atoms with van der Waals surface area (Å²) in [6.45, 7) is -0.510. The zero-order valence-corrected chi connectivity index (χ0v) is 19.1. The molecule has 1 saturated heterocycles. The van der Waals surface area contributed by atoms with Crippen LogP contribution in [0.4, 0.5) is 32.4 Å². The van der Waals surface area contributed by atoms with Crippen molar-refractivity contribution in [2.24, 2.45) is 0 Å². The molecule has 0 atom stereocenters. The number of nitrogens with one attached hydrogen (secondary N) is 2. The molecule has 2 aromatic rings. The fourth-order valence-corrected chi connectivity index (χ4v) is 4.43. The average molecular weight is 534 g/mol. The van der Waals surface area contributed by atoms with Gasteiger partial charge in [-0.1, -0.05) is 12.1 Å². The fraction of sp³-hybridized carbons (Fsp3) is 0.286. The molecule has 1 fully saturated rings. The van der Waals surface area contributed by atoms with Crippen molar-refractivity contribution in [2.75, 3.05) is 29.5 Å². The molecule has 0 aromatic heterocycles. The van der Waals surface area contributed by atoms with E-state index in [2.05, 4.69) is 0 Å². The molecule has 1 aliphatic heterocycles. The predicted octanol–water partition coefficient (Wildman–Crippen LogP) is 2.15. The van der Waals surface area contributed by atoms with E-state index in [0.717, 1.165) is 17.0 Å². The van der Waals surface area contributed by atoms with Crippen LogP contribution < -0.4 is 15.8 Å². The number of amides is 4. The summed E-state index contributed by atoms with van der Waals surface area (Å²) in [5.41, 5.74) is 2.78. The lowest BCUT2D eigenvalue weighted by atomic mass is 10.1. The van der Waals surface area contributed by atoms with Crippen LogP contribution >= 0.6 is 0 Å². The van der Waals surface area contributed by atoms with Gasteiger partial charge in [0.25, 0.3) is 5.91 Å². The van der Waals surface area contributed by atoms with Gasteiger partial charge in [0.2, 0.25) is 0 Å². The first-order valence-electron chi connectivity index (χ1n) is 10.3. The van der Waals surface area contributed by atoms with E-state index in [4.69, 9.17) is 0 Å². The number of sulfone groups is 1. The number of hydrogen-bond donors (Lipinski definition) is 2. The lowest BCUT2D eigenvalue weighted by Crippen LogP contribution is -2.50. The number of carbonyl (C=O) groups excluding carboxylic acids is 3. The second-order valence-electron chi connectivity index (χ2n) is 7.71. The number of anilines is 1. The number of benzene rings is 2. The predicted molar refractivity (Wildman–Crippen MR) is 116 cm³/mol. The van der Waals surface area contributed by atoms with Crippen LogP contribution in [0.15, 0.2) is 42.5 Å². The summed E-state index contributed by atoms with van der Waals surface area (Å²) in [7, 11) is -3.31. The SMILES string of the molecule is O=C(NNC(=O)C(F)(F)F)c1ccc(CN(C(=O)N2CCS(=O)(=O)CC2)c2ccc(F)cc2F)cc1. The minimum absolute atomic E-state index is 0.122. The summed E-state index contributed by atoms with van der Waals surface area (Å²) in [6.07, 6.45) is -5.19. The number of hydrogen-bond acceptors (Lipinski definition) is 5. The Balaban J connectivity index is 1.78. The monoisotopic (exact) mass is 534 g/mol. The van der Waals surface area contributed by atoms with Crippen LogP contribution in [0.25, 0.3) is 0 Å². The first-order valence-corrected chi connectivity index (χ1v) is 12.1. The molecule has 3 rings (SSSR count). The molecular weight excluding hydrogens is 515 g/mol. The van der Waals surface area contributed by atoms with Gasteiger partial charge in [0.1, 0.15) is 11.6 Å². The Hall–Kier alpha value is -3.75. The first-order chi connectivity index (χ1) is 16.8. The van der Waals surface area contributed by atoms with Crippen molar-refractivity contribution < 1.29 is 44.8 Å². The van der Waals surface area contributed by atoms with Crippen molar-refractivity contribution in [3.05, 3.63) is 65.2 Å². The van der Waals surface area contributed by atoms with E-state index in [1.165, 1.54) is 34.6 Å². The number of halogens is 5. The minimum Gasteiger partial charge on any atom is -0.322 e. The van der Waals surface area contributed by atoms with Crippen LogP contribution in [0.5, 0.6) is 0 Å². The van der Waals surface area contributed by atoms with E-state index in [1.807, 2.05) is 0 Å². The van der Waals surface area contributed by atoms with Gasteiger partial charge in [0.15, 0.2) is 9.84 Å². The maximum Gasteiger partial charge on any atom is 0.472 e. The standard InChI is InChI=1S/C21H19F5N4O5S/c22-15-5-6-17(16(23)11-15)30(20(33)29-7-9-36(34,35)10-8-29)12-13-1-3-14(4-2-13)18(31)27-28-19(32)21(24,25)26/h1-6,11H,7-10,12H2,(H,27,31)(H,28,32). The number of nitrogens with zero attached hydrogens (tertiary/aromatic N) is 2. The smallest absolute Gasteiger partial charge is 0.322 e. The molecule has 9 nitrogen and oxygen atoms in total. The van der Waals surface area contributed by atoms with Crippen LogP contribution in [0.1, 0.15) is 15.9 Å². The average Bonchev–Trinajstić information content (AvgIpc) is 2.80. The minimum atomic E-state index is -5.19. The van der Waals surface area contributed by atoms with Crippen LogP contribution in [-0.2, 0) is 21.2 Å². The molecule has 2 aromatic carbocycles. The summed E-state index contributed by atoms with van der Waals surface area (Å²) < 4.78 is 88.0. The Bertz CT molecular complexity index is 1250. The van der Waals surface area contributed by atoms with Crippen molar-refractivity contribution >= 4 is 33.4 Å². The van der Waals surface area contributed by atoms with Gasteiger partial charge in [-0.3, -0.25) is 25.3 Å². The third-order valence-corrected chi connectivity index (χ3v) is 6.76. The Morgan fingerprint density at radius 2 is 1.56 bits per heavy atom. The molecule has 1 aliphatic rings. The Morgan fingerprint density at radius 3 is 2.11 bits per heavy atom. The fourth-order valence-electron chi connectivity index (χ4n) is 3.23. The highest BCUT2D eigenvalue weighted by atomic mass is 32.2. The highest BCUT2D eigenvalue weighted by molar-refractivity contribution is 7.91. The van der Waals surface area contributed by atoms with Gasteiger partial charge in [-0.25, -0.2) is 22.0 Å². The highest BCUT2D eigenvalue weighted by Gasteiger charge is 2.39.